The molecule has 0 saturated heterocycles. The molecule has 1 aromatic rings. The van der Waals surface area contributed by atoms with Crippen LogP contribution in [0.2, 0.25) is 0 Å². The van der Waals surface area contributed by atoms with Crippen molar-refractivity contribution in [2.75, 3.05) is 5.73 Å². The maximum Gasteiger partial charge on any atom is 0.260 e. The number of halogens is 1. The summed E-state index contributed by atoms with van der Waals surface area (Å²) in [7, 11) is 0. The lowest BCUT2D eigenvalue weighted by Gasteiger charge is -2.16. The molecule has 1 aromatic carbocycles. The first-order valence-electron chi connectivity index (χ1n) is 5.59. The minimum atomic E-state index is -0.755. The number of anilines is 1. The van der Waals surface area contributed by atoms with Crippen molar-refractivity contribution in [2.45, 2.75) is 31.9 Å². The number of nitrogens with one attached hydrogen (secondary N) is 1. The zero-order valence-corrected chi connectivity index (χ0v) is 9.57. The highest BCUT2D eigenvalue weighted by atomic mass is 19.1. The van der Waals surface area contributed by atoms with E-state index in [1.54, 1.807) is 6.92 Å². The third-order valence-corrected chi connectivity index (χ3v) is 2.59. The molecule has 3 N–H and O–H groups in total. The Hall–Kier alpha value is -1.78. The molecule has 5 heteroatoms. The van der Waals surface area contributed by atoms with E-state index in [2.05, 4.69) is 5.32 Å². The molecule has 2 rings (SSSR count). The van der Waals surface area contributed by atoms with Gasteiger partial charge in [0.05, 0.1) is 5.69 Å². The van der Waals surface area contributed by atoms with E-state index < -0.39 is 11.9 Å². The second-order valence-corrected chi connectivity index (χ2v) is 4.20. The Morgan fingerprint density at radius 2 is 2.29 bits per heavy atom. The SMILES string of the molecule is CC(Oc1c(N)cccc1F)C(=O)NC1CC1. The maximum absolute atomic E-state index is 13.4. The molecule has 1 saturated carbocycles. The van der Waals surface area contributed by atoms with Gasteiger partial charge in [-0.25, -0.2) is 4.39 Å². The predicted octanol–water partition coefficient (Wildman–Crippen LogP) is 1.45. The van der Waals surface area contributed by atoms with Gasteiger partial charge in [0.25, 0.3) is 5.91 Å². The number of hydrogen-bond acceptors (Lipinski definition) is 3. The zero-order chi connectivity index (χ0) is 12.4. The van der Waals surface area contributed by atoms with Gasteiger partial charge in [-0.3, -0.25) is 4.79 Å². The van der Waals surface area contributed by atoms with Gasteiger partial charge in [-0.1, -0.05) is 6.07 Å². The molecule has 4 nitrogen and oxygen atoms in total. The zero-order valence-electron chi connectivity index (χ0n) is 9.57. The third-order valence-electron chi connectivity index (χ3n) is 2.59. The lowest BCUT2D eigenvalue weighted by molar-refractivity contribution is -0.127. The number of rotatable bonds is 4. The van der Waals surface area contributed by atoms with Gasteiger partial charge in [0, 0.05) is 6.04 Å². The number of ether oxygens (including phenoxy) is 1. The number of carbonyl (C=O) groups is 1. The smallest absolute Gasteiger partial charge is 0.260 e. The van der Waals surface area contributed by atoms with Gasteiger partial charge < -0.3 is 15.8 Å². The number of nitrogens with two attached hydrogens (primary N) is 1. The molecular formula is C12H15FN2O2. The topological polar surface area (TPSA) is 64.3 Å². The fraction of sp³-hybridized carbons (Fsp3) is 0.417. The quantitative estimate of drug-likeness (QED) is 0.780. The van der Waals surface area contributed by atoms with E-state index in [0.717, 1.165) is 12.8 Å². The Morgan fingerprint density at radius 3 is 2.88 bits per heavy atom. The van der Waals surface area contributed by atoms with Gasteiger partial charge in [0.2, 0.25) is 0 Å². The number of carbonyl (C=O) groups excluding carboxylic acids is 1. The number of hydrogen-bond donors (Lipinski definition) is 2. The summed E-state index contributed by atoms with van der Waals surface area (Å²) in [5.41, 5.74) is 5.78. The van der Waals surface area contributed by atoms with Crippen molar-refractivity contribution >= 4 is 11.6 Å². The van der Waals surface area contributed by atoms with Crippen LogP contribution >= 0.6 is 0 Å². The van der Waals surface area contributed by atoms with Crippen LogP contribution in [-0.4, -0.2) is 18.1 Å². The van der Waals surface area contributed by atoms with Gasteiger partial charge in [-0.15, -0.1) is 0 Å². The van der Waals surface area contributed by atoms with Crippen molar-refractivity contribution in [3.8, 4) is 5.75 Å². The third kappa shape index (κ3) is 2.87. The summed E-state index contributed by atoms with van der Waals surface area (Å²) in [5.74, 6) is -0.864. The molecule has 0 spiro atoms. The van der Waals surface area contributed by atoms with E-state index in [0.29, 0.717) is 0 Å². The van der Waals surface area contributed by atoms with E-state index in [-0.39, 0.29) is 23.4 Å². The summed E-state index contributed by atoms with van der Waals surface area (Å²) in [4.78, 5) is 11.6. The van der Waals surface area contributed by atoms with Crippen LogP contribution in [0.25, 0.3) is 0 Å². The standard InChI is InChI=1S/C12H15FN2O2/c1-7(12(16)15-8-5-6-8)17-11-9(13)3-2-4-10(11)14/h2-4,7-8H,5-6,14H2,1H3,(H,15,16). The normalized spacial score (nSPS) is 16.4. The monoisotopic (exact) mass is 238 g/mol. The summed E-state index contributed by atoms with van der Waals surface area (Å²) in [6.45, 7) is 1.57. The van der Waals surface area contributed by atoms with Gasteiger partial charge in [0.15, 0.2) is 17.7 Å². The molecule has 1 unspecified atom stereocenters. The number of benzene rings is 1. The highest BCUT2D eigenvalue weighted by molar-refractivity contribution is 5.81. The van der Waals surface area contributed by atoms with Crippen LogP contribution in [0.1, 0.15) is 19.8 Å². The molecule has 1 amide bonds. The summed E-state index contributed by atoms with van der Waals surface area (Å²) >= 11 is 0. The number of amides is 1. The second-order valence-electron chi connectivity index (χ2n) is 4.20. The van der Waals surface area contributed by atoms with Gasteiger partial charge >= 0.3 is 0 Å². The molecule has 1 fully saturated rings. The van der Waals surface area contributed by atoms with Crippen molar-refractivity contribution in [1.82, 2.24) is 5.32 Å². The molecule has 0 heterocycles. The molecule has 0 aromatic heterocycles. The first-order valence-corrected chi connectivity index (χ1v) is 5.59. The van der Waals surface area contributed by atoms with Crippen molar-refractivity contribution in [3.63, 3.8) is 0 Å². The number of para-hydroxylation sites is 1. The average Bonchev–Trinajstić information content (AvgIpc) is 3.07. The minimum absolute atomic E-state index is 0.0639. The van der Waals surface area contributed by atoms with Crippen molar-refractivity contribution in [1.29, 1.82) is 0 Å². The first kappa shape index (κ1) is 11.7. The summed E-state index contributed by atoms with van der Waals surface area (Å²) in [6, 6.07) is 4.53. The minimum Gasteiger partial charge on any atom is -0.476 e. The van der Waals surface area contributed by atoms with Crippen molar-refractivity contribution < 1.29 is 13.9 Å². The van der Waals surface area contributed by atoms with E-state index in [1.165, 1.54) is 18.2 Å². The van der Waals surface area contributed by atoms with E-state index >= 15 is 0 Å². The second kappa shape index (κ2) is 4.61. The van der Waals surface area contributed by atoms with Crippen LogP contribution in [0, 0.1) is 5.82 Å². The molecule has 1 atom stereocenters. The Balaban J connectivity index is 2.01. The van der Waals surface area contributed by atoms with E-state index in [4.69, 9.17) is 10.5 Å². The Bertz CT molecular complexity index is 412. The summed E-state index contributed by atoms with van der Waals surface area (Å²) in [5, 5.41) is 2.79. The molecule has 0 radical (unpaired) electrons. The van der Waals surface area contributed by atoms with Crippen LogP contribution in [0.3, 0.4) is 0 Å². The first-order chi connectivity index (χ1) is 8.08. The Kier molecular flexibility index (Phi) is 3.17. The highest BCUT2D eigenvalue weighted by Crippen LogP contribution is 2.26. The maximum atomic E-state index is 13.4. The van der Waals surface area contributed by atoms with Crippen molar-refractivity contribution in [2.24, 2.45) is 0 Å². The Labute approximate surface area is 98.9 Å². The van der Waals surface area contributed by atoms with E-state index in [9.17, 15) is 9.18 Å². The van der Waals surface area contributed by atoms with Crippen LogP contribution in [0.4, 0.5) is 10.1 Å². The predicted molar refractivity (Wildman–Crippen MR) is 62.1 cm³/mol. The molecule has 92 valence electrons. The molecule has 17 heavy (non-hydrogen) atoms. The molecule has 1 aliphatic rings. The fourth-order valence-corrected chi connectivity index (χ4v) is 1.43. The van der Waals surface area contributed by atoms with Crippen LogP contribution in [0.5, 0.6) is 5.75 Å². The van der Waals surface area contributed by atoms with E-state index in [1.807, 2.05) is 0 Å². The number of nitrogen functional groups attached to an aromatic ring is 1. The largest absolute Gasteiger partial charge is 0.476 e. The summed E-state index contributed by atoms with van der Waals surface area (Å²) in [6.07, 6.45) is 1.25. The van der Waals surface area contributed by atoms with Crippen molar-refractivity contribution in [3.05, 3.63) is 24.0 Å². The molecular weight excluding hydrogens is 223 g/mol. The van der Waals surface area contributed by atoms with Gasteiger partial charge in [-0.2, -0.15) is 0 Å². The molecule has 0 aliphatic heterocycles. The highest BCUT2D eigenvalue weighted by Gasteiger charge is 2.27. The van der Waals surface area contributed by atoms with Gasteiger partial charge in [-0.05, 0) is 31.9 Å². The lowest BCUT2D eigenvalue weighted by Crippen LogP contribution is -2.37. The van der Waals surface area contributed by atoms with Crippen LogP contribution in [0.15, 0.2) is 18.2 Å². The average molecular weight is 238 g/mol. The fourth-order valence-electron chi connectivity index (χ4n) is 1.43. The molecule has 1 aliphatic carbocycles. The Morgan fingerprint density at radius 1 is 1.59 bits per heavy atom. The van der Waals surface area contributed by atoms with Crippen LogP contribution in [-0.2, 0) is 4.79 Å². The lowest BCUT2D eigenvalue weighted by atomic mass is 10.2. The summed E-state index contributed by atoms with van der Waals surface area (Å²) < 4.78 is 18.7. The van der Waals surface area contributed by atoms with Gasteiger partial charge in [0.1, 0.15) is 0 Å². The molecule has 0 bridgehead atoms. The van der Waals surface area contributed by atoms with Crippen LogP contribution < -0.4 is 15.8 Å².